The molecule has 0 spiro atoms. The highest BCUT2D eigenvalue weighted by atomic mass is 15.2. The largest absolute Gasteiger partial charge is 0.293 e. The van der Waals surface area contributed by atoms with E-state index in [4.69, 9.17) is 0 Å². The monoisotopic (exact) mass is 256 g/mol. The zero-order valence-corrected chi connectivity index (χ0v) is 12.0. The third kappa shape index (κ3) is 2.58. The molecule has 0 amide bonds. The van der Waals surface area contributed by atoms with Crippen LogP contribution in [0.2, 0.25) is 0 Å². The van der Waals surface area contributed by atoms with Crippen LogP contribution in [0.3, 0.4) is 0 Å². The molecule has 0 N–H and O–H groups in total. The van der Waals surface area contributed by atoms with Crippen LogP contribution in [0.5, 0.6) is 0 Å². The van der Waals surface area contributed by atoms with E-state index in [-0.39, 0.29) is 0 Å². The maximum atomic E-state index is 4.33. The fraction of sp³-hybridized carbons (Fsp3) is 0.611. The summed E-state index contributed by atoms with van der Waals surface area (Å²) >= 11 is 0. The lowest BCUT2D eigenvalue weighted by atomic mass is 9.74. The fourth-order valence-corrected chi connectivity index (χ4v) is 4.13. The van der Waals surface area contributed by atoms with Gasteiger partial charge in [0.2, 0.25) is 0 Å². The van der Waals surface area contributed by atoms with Gasteiger partial charge in [0.25, 0.3) is 0 Å². The number of rotatable bonds is 2. The zero-order chi connectivity index (χ0) is 13.1. The Labute approximate surface area is 118 Å². The molecule has 1 saturated carbocycles. The number of piperidine rings is 1. The summed E-state index contributed by atoms with van der Waals surface area (Å²) in [5, 5.41) is 0. The molecule has 1 heterocycles. The predicted octanol–water partition coefficient (Wildman–Crippen LogP) is 4.39. The first kappa shape index (κ1) is 13.2. The average Bonchev–Trinajstić information content (AvgIpc) is 2.49. The molecule has 1 unspecified atom stereocenters. The van der Waals surface area contributed by atoms with E-state index in [1.165, 1.54) is 58.0 Å². The van der Waals surface area contributed by atoms with E-state index in [0.29, 0.717) is 11.5 Å². The highest BCUT2D eigenvalue weighted by Crippen LogP contribution is 2.43. The van der Waals surface area contributed by atoms with Crippen LogP contribution in [0.15, 0.2) is 30.3 Å². The molecule has 1 aromatic carbocycles. The van der Waals surface area contributed by atoms with Gasteiger partial charge in [0.15, 0.2) is 0 Å². The second kappa shape index (κ2) is 5.66. The van der Waals surface area contributed by atoms with Gasteiger partial charge in [-0.1, -0.05) is 49.6 Å². The molecule has 1 atom stereocenters. The summed E-state index contributed by atoms with van der Waals surface area (Å²) in [5.41, 5.74) is 1.86. The normalized spacial score (nSPS) is 28.2. The molecule has 2 aliphatic rings. The predicted molar refractivity (Wildman–Crippen MR) is 80.9 cm³/mol. The van der Waals surface area contributed by atoms with Crippen LogP contribution >= 0.6 is 0 Å². The van der Waals surface area contributed by atoms with Crippen LogP contribution in [0.1, 0.15) is 50.5 Å². The lowest BCUT2D eigenvalue weighted by Crippen LogP contribution is -2.51. The average molecular weight is 256 g/mol. The molecular formula is C18H26N. The van der Waals surface area contributed by atoms with Crippen molar-refractivity contribution < 1.29 is 0 Å². The van der Waals surface area contributed by atoms with Crippen LogP contribution < -0.4 is 0 Å². The van der Waals surface area contributed by atoms with Crippen molar-refractivity contribution in [3.05, 3.63) is 42.8 Å². The zero-order valence-electron chi connectivity index (χ0n) is 12.0. The van der Waals surface area contributed by atoms with Crippen molar-refractivity contribution in [2.45, 2.75) is 50.5 Å². The molecule has 1 aliphatic carbocycles. The lowest BCUT2D eigenvalue weighted by molar-refractivity contribution is 0.0180. The van der Waals surface area contributed by atoms with Gasteiger partial charge in [-0.05, 0) is 50.6 Å². The maximum absolute atomic E-state index is 4.33. The Kier molecular flexibility index (Phi) is 3.93. The van der Waals surface area contributed by atoms with Gasteiger partial charge in [-0.15, -0.1) is 0 Å². The molecular weight excluding hydrogens is 230 g/mol. The van der Waals surface area contributed by atoms with Crippen LogP contribution in [-0.2, 0) is 5.54 Å². The Hall–Kier alpha value is -0.820. The van der Waals surface area contributed by atoms with Gasteiger partial charge in [-0.2, -0.15) is 0 Å². The van der Waals surface area contributed by atoms with E-state index in [2.05, 4.69) is 42.2 Å². The third-order valence-corrected chi connectivity index (χ3v) is 5.12. The minimum atomic E-state index is 0.315. The quantitative estimate of drug-likeness (QED) is 0.758. The van der Waals surface area contributed by atoms with Crippen molar-refractivity contribution >= 4 is 0 Å². The number of hydrogen-bond donors (Lipinski definition) is 0. The summed E-state index contributed by atoms with van der Waals surface area (Å²) in [5.74, 6) is 0.622. The van der Waals surface area contributed by atoms with E-state index in [1.807, 2.05) is 0 Å². The molecule has 0 bridgehead atoms. The molecule has 19 heavy (non-hydrogen) atoms. The van der Waals surface area contributed by atoms with E-state index in [9.17, 15) is 0 Å². The van der Waals surface area contributed by atoms with Crippen LogP contribution in [0.25, 0.3) is 0 Å². The molecule has 1 aromatic rings. The maximum Gasteiger partial charge on any atom is 0.0460 e. The Bertz CT molecular complexity index is 391. The molecule has 1 radical (unpaired) electrons. The molecule has 1 heteroatoms. The van der Waals surface area contributed by atoms with Crippen LogP contribution in [0, 0.1) is 12.8 Å². The van der Waals surface area contributed by atoms with Gasteiger partial charge in [0.1, 0.15) is 0 Å². The Morgan fingerprint density at radius 3 is 2.42 bits per heavy atom. The van der Waals surface area contributed by atoms with Crippen molar-refractivity contribution in [1.82, 2.24) is 4.90 Å². The van der Waals surface area contributed by atoms with Gasteiger partial charge in [0.05, 0.1) is 0 Å². The first-order chi connectivity index (χ1) is 9.31. The molecule has 1 saturated heterocycles. The van der Waals surface area contributed by atoms with Crippen molar-refractivity contribution in [3.63, 3.8) is 0 Å². The summed E-state index contributed by atoms with van der Waals surface area (Å²) in [4.78, 5) is 2.77. The second-order valence-corrected chi connectivity index (χ2v) is 6.41. The standard InChI is InChI=1S/C18H26N/c1-16-9-8-14-19(15-16)18(12-6-3-7-13-18)17-10-4-2-5-11-17/h2,4-5,10-11,16H,1,3,6-9,12-15H2. The van der Waals surface area contributed by atoms with Crippen molar-refractivity contribution in [3.8, 4) is 0 Å². The van der Waals surface area contributed by atoms with Crippen LogP contribution in [0.4, 0.5) is 0 Å². The summed E-state index contributed by atoms with van der Waals surface area (Å²) in [7, 11) is 0. The van der Waals surface area contributed by atoms with Crippen molar-refractivity contribution in [2.75, 3.05) is 13.1 Å². The number of hydrogen-bond acceptors (Lipinski definition) is 1. The highest BCUT2D eigenvalue weighted by Gasteiger charge is 2.40. The molecule has 103 valence electrons. The van der Waals surface area contributed by atoms with Gasteiger partial charge >= 0.3 is 0 Å². The van der Waals surface area contributed by atoms with Gasteiger partial charge < -0.3 is 0 Å². The Morgan fingerprint density at radius 1 is 1.00 bits per heavy atom. The minimum absolute atomic E-state index is 0.315. The Morgan fingerprint density at radius 2 is 1.74 bits per heavy atom. The molecule has 3 rings (SSSR count). The summed E-state index contributed by atoms with van der Waals surface area (Å²) in [6.07, 6.45) is 9.48. The number of likely N-dealkylation sites (tertiary alicyclic amines) is 1. The summed E-state index contributed by atoms with van der Waals surface area (Å²) in [6, 6.07) is 11.2. The Balaban J connectivity index is 1.92. The van der Waals surface area contributed by atoms with E-state index >= 15 is 0 Å². The SMILES string of the molecule is [CH2]C1CCCN(C2(c3ccccc3)CCCCC2)C1. The van der Waals surface area contributed by atoms with Gasteiger partial charge in [-0.25, -0.2) is 0 Å². The topological polar surface area (TPSA) is 3.24 Å². The van der Waals surface area contributed by atoms with Crippen molar-refractivity contribution in [2.24, 2.45) is 5.92 Å². The summed E-state index contributed by atoms with van der Waals surface area (Å²) in [6.45, 7) is 6.78. The smallest absolute Gasteiger partial charge is 0.0460 e. The van der Waals surface area contributed by atoms with E-state index in [0.717, 1.165) is 0 Å². The van der Waals surface area contributed by atoms with Crippen molar-refractivity contribution in [1.29, 1.82) is 0 Å². The molecule has 1 nitrogen and oxygen atoms in total. The first-order valence-corrected chi connectivity index (χ1v) is 7.95. The van der Waals surface area contributed by atoms with E-state index < -0.39 is 0 Å². The number of nitrogens with zero attached hydrogens (tertiary/aromatic N) is 1. The van der Waals surface area contributed by atoms with Gasteiger partial charge in [-0.3, -0.25) is 4.90 Å². The molecule has 0 aromatic heterocycles. The third-order valence-electron chi connectivity index (χ3n) is 5.12. The lowest BCUT2D eigenvalue weighted by Gasteiger charge is -2.50. The molecule has 1 aliphatic heterocycles. The highest BCUT2D eigenvalue weighted by molar-refractivity contribution is 5.25. The van der Waals surface area contributed by atoms with Gasteiger partial charge in [0, 0.05) is 12.1 Å². The van der Waals surface area contributed by atoms with E-state index in [1.54, 1.807) is 5.56 Å². The molecule has 2 fully saturated rings. The number of benzene rings is 1. The fourth-order valence-electron chi connectivity index (χ4n) is 4.13. The summed E-state index contributed by atoms with van der Waals surface area (Å²) < 4.78 is 0. The minimum Gasteiger partial charge on any atom is -0.293 e. The van der Waals surface area contributed by atoms with Crippen LogP contribution in [-0.4, -0.2) is 18.0 Å². The first-order valence-electron chi connectivity index (χ1n) is 7.95. The second-order valence-electron chi connectivity index (χ2n) is 6.41.